The maximum absolute atomic E-state index is 12.1. The molecule has 1 aliphatic carbocycles. The Morgan fingerprint density at radius 1 is 1.25 bits per heavy atom. The van der Waals surface area contributed by atoms with Crippen LogP contribution in [0.2, 0.25) is 0 Å². The zero-order valence-electron chi connectivity index (χ0n) is 13.8. The van der Waals surface area contributed by atoms with E-state index in [9.17, 15) is 14.4 Å². The van der Waals surface area contributed by atoms with Gasteiger partial charge in [-0.2, -0.15) is 0 Å². The Balaban J connectivity index is 1.77. The molecule has 0 aromatic carbocycles. The molecule has 24 heavy (non-hydrogen) atoms. The summed E-state index contributed by atoms with van der Waals surface area (Å²) in [6.07, 6.45) is 3.28. The van der Waals surface area contributed by atoms with Crippen molar-refractivity contribution in [3.05, 3.63) is 35.7 Å². The molecule has 0 saturated heterocycles. The fourth-order valence-corrected chi connectivity index (χ4v) is 2.07. The first kappa shape index (κ1) is 17.5. The lowest BCUT2D eigenvalue weighted by molar-refractivity contribution is -0.125. The number of pyridine rings is 1. The summed E-state index contributed by atoms with van der Waals surface area (Å²) in [6, 6.07) is 3.54. The maximum atomic E-state index is 12.1. The summed E-state index contributed by atoms with van der Waals surface area (Å²) in [5.74, 6) is -1.01. The van der Waals surface area contributed by atoms with Crippen LogP contribution in [0.1, 0.15) is 32.0 Å². The standard InChI is InChI=1S/C16H20N4O4/c1-16(2,3)24-15(23)18-9-13(21)19-20-14(22)11-6-7-12-10(11)5-4-8-17-12/h4-6,8H,7,9H2,1-3H3,(H,18,23)(H,19,21)(H,20,22). The number of hydrogen-bond donors (Lipinski definition) is 3. The zero-order chi connectivity index (χ0) is 17.7. The van der Waals surface area contributed by atoms with E-state index in [1.807, 2.05) is 0 Å². The minimum Gasteiger partial charge on any atom is -0.444 e. The lowest BCUT2D eigenvalue weighted by atomic mass is 10.1. The molecule has 8 nitrogen and oxygen atoms in total. The van der Waals surface area contributed by atoms with Crippen molar-refractivity contribution in [1.29, 1.82) is 0 Å². The van der Waals surface area contributed by atoms with Crippen LogP contribution >= 0.6 is 0 Å². The molecule has 0 fully saturated rings. The van der Waals surface area contributed by atoms with E-state index >= 15 is 0 Å². The number of allylic oxidation sites excluding steroid dienone is 1. The molecule has 1 aromatic rings. The molecule has 1 aliphatic rings. The van der Waals surface area contributed by atoms with Crippen molar-refractivity contribution in [1.82, 2.24) is 21.2 Å². The number of nitrogens with zero attached hydrogens (tertiary/aromatic N) is 1. The Labute approximate surface area is 139 Å². The first-order valence-electron chi connectivity index (χ1n) is 7.47. The summed E-state index contributed by atoms with van der Waals surface area (Å²) >= 11 is 0. The number of rotatable bonds is 3. The Morgan fingerprint density at radius 2 is 2.00 bits per heavy atom. The SMILES string of the molecule is CC(C)(C)OC(=O)NCC(=O)NNC(=O)C1=CCc2ncccc21. The molecule has 3 amide bonds. The van der Waals surface area contributed by atoms with Gasteiger partial charge in [-0.25, -0.2) is 4.79 Å². The lowest BCUT2D eigenvalue weighted by Crippen LogP contribution is -2.47. The molecule has 128 valence electrons. The zero-order valence-corrected chi connectivity index (χ0v) is 13.8. The summed E-state index contributed by atoms with van der Waals surface area (Å²) in [7, 11) is 0. The van der Waals surface area contributed by atoms with Crippen LogP contribution in [0.15, 0.2) is 24.4 Å². The third-order valence-corrected chi connectivity index (χ3v) is 3.03. The van der Waals surface area contributed by atoms with Crippen molar-refractivity contribution in [3.8, 4) is 0 Å². The number of ether oxygens (including phenoxy) is 1. The summed E-state index contributed by atoms with van der Waals surface area (Å²) in [5.41, 5.74) is 5.92. The summed E-state index contributed by atoms with van der Waals surface area (Å²) in [6.45, 7) is 4.84. The van der Waals surface area contributed by atoms with Crippen LogP contribution in [-0.2, 0) is 20.7 Å². The molecule has 3 N–H and O–H groups in total. The van der Waals surface area contributed by atoms with Gasteiger partial charge in [0, 0.05) is 23.8 Å². The van der Waals surface area contributed by atoms with Gasteiger partial charge in [-0.1, -0.05) is 12.1 Å². The molecule has 0 spiro atoms. The monoisotopic (exact) mass is 332 g/mol. The molecule has 0 unspecified atom stereocenters. The average Bonchev–Trinajstić information content (AvgIpc) is 2.93. The predicted molar refractivity (Wildman–Crippen MR) is 86.4 cm³/mol. The van der Waals surface area contributed by atoms with Gasteiger partial charge in [-0.15, -0.1) is 0 Å². The van der Waals surface area contributed by atoms with E-state index in [-0.39, 0.29) is 6.54 Å². The van der Waals surface area contributed by atoms with Gasteiger partial charge in [0.25, 0.3) is 11.8 Å². The Kier molecular flexibility index (Phi) is 5.18. The van der Waals surface area contributed by atoms with E-state index in [0.717, 1.165) is 11.3 Å². The number of carbonyl (C=O) groups is 3. The molecular formula is C16H20N4O4. The van der Waals surface area contributed by atoms with Crippen LogP contribution in [-0.4, -0.2) is 35.0 Å². The number of carbonyl (C=O) groups excluding carboxylic acids is 3. The Bertz CT molecular complexity index is 692. The van der Waals surface area contributed by atoms with Crippen molar-refractivity contribution in [2.75, 3.05) is 6.54 Å². The molecule has 0 aliphatic heterocycles. The topological polar surface area (TPSA) is 109 Å². The van der Waals surface area contributed by atoms with Crippen LogP contribution in [0.25, 0.3) is 5.57 Å². The fourth-order valence-electron chi connectivity index (χ4n) is 2.07. The van der Waals surface area contributed by atoms with Crippen LogP contribution in [0.5, 0.6) is 0 Å². The van der Waals surface area contributed by atoms with Crippen LogP contribution in [0.3, 0.4) is 0 Å². The fraction of sp³-hybridized carbons (Fsp3) is 0.375. The second-order valence-electron chi connectivity index (χ2n) is 6.18. The number of hydrogen-bond acceptors (Lipinski definition) is 5. The van der Waals surface area contributed by atoms with Crippen molar-refractivity contribution < 1.29 is 19.1 Å². The number of alkyl carbamates (subject to hydrolysis) is 1. The smallest absolute Gasteiger partial charge is 0.408 e. The average molecular weight is 332 g/mol. The van der Waals surface area contributed by atoms with Gasteiger partial charge in [0.2, 0.25) is 0 Å². The summed E-state index contributed by atoms with van der Waals surface area (Å²) in [5, 5.41) is 2.30. The first-order valence-corrected chi connectivity index (χ1v) is 7.47. The minimum atomic E-state index is -0.706. The number of nitrogens with one attached hydrogen (secondary N) is 3. The van der Waals surface area contributed by atoms with E-state index in [0.29, 0.717) is 12.0 Å². The van der Waals surface area contributed by atoms with Gasteiger partial charge in [0.15, 0.2) is 0 Å². The highest BCUT2D eigenvalue weighted by Gasteiger charge is 2.21. The summed E-state index contributed by atoms with van der Waals surface area (Å²) in [4.78, 5) is 39.4. The van der Waals surface area contributed by atoms with E-state index in [4.69, 9.17) is 4.74 Å². The number of aromatic nitrogens is 1. The normalized spacial score (nSPS) is 12.7. The molecular weight excluding hydrogens is 312 g/mol. The molecule has 1 aromatic heterocycles. The second kappa shape index (κ2) is 7.12. The number of hydrazine groups is 1. The van der Waals surface area contributed by atoms with Gasteiger partial charge in [0.05, 0.1) is 5.69 Å². The predicted octanol–water partition coefficient (Wildman–Crippen LogP) is 0.693. The summed E-state index contributed by atoms with van der Waals surface area (Å²) < 4.78 is 5.00. The van der Waals surface area contributed by atoms with E-state index < -0.39 is 23.5 Å². The number of amides is 3. The molecule has 0 atom stereocenters. The van der Waals surface area contributed by atoms with Gasteiger partial charge >= 0.3 is 6.09 Å². The Hall–Kier alpha value is -2.90. The Morgan fingerprint density at radius 3 is 2.71 bits per heavy atom. The van der Waals surface area contributed by atoms with E-state index in [2.05, 4.69) is 21.2 Å². The molecule has 8 heteroatoms. The molecule has 0 bridgehead atoms. The highest BCUT2D eigenvalue weighted by Crippen LogP contribution is 2.25. The van der Waals surface area contributed by atoms with Crippen LogP contribution < -0.4 is 16.2 Å². The molecule has 2 rings (SSSR count). The highest BCUT2D eigenvalue weighted by molar-refractivity contribution is 6.20. The van der Waals surface area contributed by atoms with Gasteiger partial charge in [-0.3, -0.25) is 25.4 Å². The quantitative estimate of drug-likeness (QED) is 0.706. The van der Waals surface area contributed by atoms with E-state index in [1.165, 1.54) is 0 Å². The molecule has 1 heterocycles. The maximum Gasteiger partial charge on any atom is 0.408 e. The minimum absolute atomic E-state index is 0.313. The van der Waals surface area contributed by atoms with Gasteiger partial charge in [-0.05, 0) is 26.8 Å². The number of fused-ring (bicyclic) bond motifs is 1. The van der Waals surface area contributed by atoms with Crippen molar-refractivity contribution >= 4 is 23.5 Å². The molecule has 0 saturated carbocycles. The van der Waals surface area contributed by atoms with Crippen molar-refractivity contribution in [2.45, 2.75) is 32.8 Å². The third kappa shape index (κ3) is 4.80. The first-order chi connectivity index (χ1) is 11.3. The second-order valence-corrected chi connectivity index (χ2v) is 6.18. The van der Waals surface area contributed by atoms with Crippen LogP contribution in [0.4, 0.5) is 4.79 Å². The highest BCUT2D eigenvalue weighted by atomic mass is 16.6. The molecule has 0 radical (unpaired) electrons. The third-order valence-electron chi connectivity index (χ3n) is 3.03. The van der Waals surface area contributed by atoms with E-state index in [1.54, 1.807) is 45.2 Å². The van der Waals surface area contributed by atoms with Crippen molar-refractivity contribution in [2.24, 2.45) is 0 Å². The lowest BCUT2D eigenvalue weighted by Gasteiger charge is -2.19. The van der Waals surface area contributed by atoms with Gasteiger partial charge in [0.1, 0.15) is 12.1 Å². The van der Waals surface area contributed by atoms with Gasteiger partial charge < -0.3 is 10.1 Å². The van der Waals surface area contributed by atoms with Crippen LogP contribution in [0, 0.1) is 0 Å². The largest absolute Gasteiger partial charge is 0.444 e. The van der Waals surface area contributed by atoms with Crippen molar-refractivity contribution in [3.63, 3.8) is 0 Å².